The third-order valence-electron chi connectivity index (χ3n) is 5.28. The highest BCUT2D eigenvalue weighted by atomic mass is 16.5. The first kappa shape index (κ1) is 17.6. The maximum absolute atomic E-state index is 12.8. The topological polar surface area (TPSA) is 55.6 Å². The molecule has 0 atom stereocenters. The summed E-state index contributed by atoms with van der Waals surface area (Å²) in [5.41, 5.74) is 3.81. The monoisotopic (exact) mass is 364 g/mol. The molecule has 0 saturated carbocycles. The first-order chi connectivity index (χ1) is 13.1. The second kappa shape index (κ2) is 7.43. The van der Waals surface area contributed by atoms with Crippen molar-refractivity contribution in [3.8, 4) is 5.75 Å². The molecule has 1 fully saturated rings. The largest absolute Gasteiger partial charge is 0.496 e. The van der Waals surface area contributed by atoms with Gasteiger partial charge in [0, 0.05) is 24.6 Å². The number of para-hydroxylation sites is 2. The van der Waals surface area contributed by atoms with Crippen molar-refractivity contribution >= 4 is 17.0 Å². The van der Waals surface area contributed by atoms with Gasteiger partial charge in [-0.25, -0.2) is 4.98 Å². The predicted octanol–water partition coefficient (Wildman–Crippen LogP) is 4.09. The zero-order valence-electron chi connectivity index (χ0n) is 15.8. The number of likely N-dealkylation sites (tertiary alicyclic amines) is 1. The van der Waals surface area contributed by atoms with Crippen LogP contribution < -0.4 is 4.74 Å². The second-order valence-electron chi connectivity index (χ2n) is 7.17. The van der Waals surface area contributed by atoms with E-state index in [2.05, 4.69) is 4.98 Å². The first-order valence-corrected chi connectivity index (χ1v) is 9.41. The van der Waals surface area contributed by atoms with Gasteiger partial charge in [0.1, 0.15) is 11.3 Å². The van der Waals surface area contributed by atoms with Crippen LogP contribution in [-0.4, -0.2) is 36.0 Å². The summed E-state index contributed by atoms with van der Waals surface area (Å²) >= 11 is 0. The summed E-state index contributed by atoms with van der Waals surface area (Å²) in [5.74, 6) is 1.99. The number of aryl methyl sites for hydroxylation is 1. The number of amides is 1. The molecule has 0 N–H and O–H groups in total. The Kier molecular flexibility index (Phi) is 4.84. The molecule has 2 heterocycles. The van der Waals surface area contributed by atoms with Crippen LogP contribution >= 0.6 is 0 Å². The zero-order valence-corrected chi connectivity index (χ0v) is 15.8. The molecule has 4 rings (SSSR count). The van der Waals surface area contributed by atoms with E-state index in [-0.39, 0.29) is 11.8 Å². The lowest BCUT2D eigenvalue weighted by molar-refractivity contribution is -0.131. The molecule has 27 heavy (non-hydrogen) atoms. The Morgan fingerprint density at radius 2 is 2.00 bits per heavy atom. The molecular weight excluding hydrogens is 340 g/mol. The van der Waals surface area contributed by atoms with Crippen molar-refractivity contribution in [2.45, 2.75) is 32.1 Å². The number of carbonyl (C=O) groups is 1. The minimum absolute atomic E-state index is 0.148. The highest BCUT2D eigenvalue weighted by molar-refractivity contribution is 5.79. The van der Waals surface area contributed by atoms with Crippen LogP contribution in [0.5, 0.6) is 5.75 Å². The van der Waals surface area contributed by atoms with Crippen LogP contribution in [0, 0.1) is 6.92 Å². The predicted molar refractivity (Wildman–Crippen MR) is 104 cm³/mol. The van der Waals surface area contributed by atoms with Gasteiger partial charge in [-0.3, -0.25) is 4.79 Å². The Morgan fingerprint density at radius 1 is 1.22 bits per heavy atom. The average Bonchev–Trinajstić information content (AvgIpc) is 3.12. The van der Waals surface area contributed by atoms with Crippen molar-refractivity contribution in [1.82, 2.24) is 9.88 Å². The lowest BCUT2D eigenvalue weighted by Gasteiger charge is -2.31. The molecule has 3 aromatic rings. The van der Waals surface area contributed by atoms with E-state index in [1.165, 1.54) is 0 Å². The van der Waals surface area contributed by atoms with Crippen LogP contribution in [0.1, 0.15) is 35.8 Å². The molecule has 0 radical (unpaired) electrons. The van der Waals surface area contributed by atoms with E-state index in [0.717, 1.165) is 59.8 Å². The van der Waals surface area contributed by atoms with Crippen molar-refractivity contribution < 1.29 is 13.9 Å². The molecule has 5 heteroatoms. The first-order valence-electron chi connectivity index (χ1n) is 9.41. The number of hydrogen-bond acceptors (Lipinski definition) is 4. The summed E-state index contributed by atoms with van der Waals surface area (Å²) in [6, 6.07) is 13.8. The Balaban J connectivity index is 1.40. The minimum atomic E-state index is 0.148. The number of ether oxygens (including phenoxy) is 1. The number of aromatic nitrogens is 1. The lowest BCUT2D eigenvalue weighted by Crippen LogP contribution is -2.38. The number of benzene rings is 2. The number of nitrogens with zero attached hydrogens (tertiary/aromatic N) is 2. The molecular formula is C22H24N2O3. The second-order valence-corrected chi connectivity index (χ2v) is 7.17. The quantitative estimate of drug-likeness (QED) is 0.700. The molecule has 1 aromatic heterocycles. The van der Waals surface area contributed by atoms with Crippen molar-refractivity contribution in [3.05, 3.63) is 59.5 Å². The Morgan fingerprint density at radius 3 is 2.74 bits per heavy atom. The summed E-state index contributed by atoms with van der Waals surface area (Å²) in [7, 11) is 1.64. The summed E-state index contributed by atoms with van der Waals surface area (Å²) in [6.45, 7) is 3.49. The molecule has 140 valence electrons. The summed E-state index contributed by atoms with van der Waals surface area (Å²) in [4.78, 5) is 19.3. The molecule has 0 unspecified atom stereocenters. The zero-order chi connectivity index (χ0) is 18.8. The van der Waals surface area contributed by atoms with Gasteiger partial charge in [0.2, 0.25) is 5.91 Å². The van der Waals surface area contributed by atoms with Gasteiger partial charge in [-0.15, -0.1) is 0 Å². The molecule has 0 aliphatic carbocycles. The Hall–Kier alpha value is -2.82. The summed E-state index contributed by atoms with van der Waals surface area (Å²) in [6.07, 6.45) is 2.13. The summed E-state index contributed by atoms with van der Waals surface area (Å²) in [5, 5.41) is 0. The van der Waals surface area contributed by atoms with E-state index < -0.39 is 0 Å². The maximum atomic E-state index is 12.8. The van der Waals surface area contributed by atoms with Gasteiger partial charge in [-0.2, -0.15) is 0 Å². The number of methoxy groups -OCH3 is 1. The number of carbonyl (C=O) groups excluding carboxylic acids is 1. The number of hydrogen-bond donors (Lipinski definition) is 0. The van der Waals surface area contributed by atoms with Gasteiger partial charge in [0.15, 0.2) is 11.5 Å². The van der Waals surface area contributed by atoms with Crippen molar-refractivity contribution in [1.29, 1.82) is 0 Å². The van der Waals surface area contributed by atoms with E-state index in [0.29, 0.717) is 6.42 Å². The van der Waals surface area contributed by atoms with E-state index in [1.54, 1.807) is 7.11 Å². The SMILES string of the molecule is COc1ccc(C)cc1CC(=O)N1CCC(c2nc3ccccc3o2)CC1. The molecule has 1 saturated heterocycles. The number of fused-ring (bicyclic) bond motifs is 1. The molecule has 2 aromatic carbocycles. The van der Waals surface area contributed by atoms with E-state index >= 15 is 0 Å². The van der Waals surface area contributed by atoms with E-state index in [4.69, 9.17) is 9.15 Å². The fourth-order valence-electron chi connectivity index (χ4n) is 3.76. The molecule has 1 aliphatic rings. The normalized spacial score (nSPS) is 15.3. The van der Waals surface area contributed by atoms with Crippen LogP contribution in [0.3, 0.4) is 0 Å². The third-order valence-corrected chi connectivity index (χ3v) is 5.28. The van der Waals surface area contributed by atoms with Crippen molar-refractivity contribution in [3.63, 3.8) is 0 Å². The highest BCUT2D eigenvalue weighted by Crippen LogP contribution is 2.30. The van der Waals surface area contributed by atoms with Crippen molar-refractivity contribution in [2.24, 2.45) is 0 Å². The maximum Gasteiger partial charge on any atom is 0.227 e. The van der Waals surface area contributed by atoms with Crippen LogP contribution in [-0.2, 0) is 11.2 Å². The van der Waals surface area contributed by atoms with Gasteiger partial charge in [-0.05, 0) is 38.0 Å². The van der Waals surface area contributed by atoms with Crippen LogP contribution in [0.4, 0.5) is 0 Å². The molecule has 0 spiro atoms. The Bertz CT molecular complexity index is 922. The van der Waals surface area contributed by atoms with Crippen molar-refractivity contribution in [2.75, 3.05) is 20.2 Å². The lowest BCUT2D eigenvalue weighted by atomic mass is 9.96. The highest BCUT2D eigenvalue weighted by Gasteiger charge is 2.27. The van der Waals surface area contributed by atoms with E-state index in [9.17, 15) is 4.79 Å². The fraction of sp³-hybridized carbons (Fsp3) is 0.364. The van der Waals surface area contributed by atoms with Gasteiger partial charge < -0.3 is 14.1 Å². The Labute approximate surface area is 158 Å². The molecule has 5 nitrogen and oxygen atoms in total. The number of piperidine rings is 1. The van der Waals surface area contributed by atoms with Gasteiger partial charge in [0.25, 0.3) is 0 Å². The van der Waals surface area contributed by atoms with Crippen LogP contribution in [0.25, 0.3) is 11.1 Å². The van der Waals surface area contributed by atoms with Gasteiger partial charge >= 0.3 is 0 Å². The summed E-state index contributed by atoms with van der Waals surface area (Å²) < 4.78 is 11.3. The van der Waals surface area contributed by atoms with Gasteiger partial charge in [-0.1, -0.05) is 29.8 Å². The molecule has 1 amide bonds. The van der Waals surface area contributed by atoms with Crippen LogP contribution in [0.2, 0.25) is 0 Å². The number of rotatable bonds is 4. The van der Waals surface area contributed by atoms with Gasteiger partial charge in [0.05, 0.1) is 13.5 Å². The van der Waals surface area contributed by atoms with E-state index in [1.807, 2.05) is 54.3 Å². The number of oxazole rings is 1. The third kappa shape index (κ3) is 3.68. The average molecular weight is 364 g/mol. The smallest absolute Gasteiger partial charge is 0.227 e. The minimum Gasteiger partial charge on any atom is -0.496 e. The standard InChI is InChI=1S/C22H24N2O3/c1-15-7-8-19(26-2)17(13-15)14-21(25)24-11-9-16(10-12-24)22-23-18-5-3-4-6-20(18)27-22/h3-8,13,16H,9-12,14H2,1-2H3. The van der Waals surface area contributed by atoms with Crippen LogP contribution in [0.15, 0.2) is 46.9 Å². The fourth-order valence-corrected chi connectivity index (χ4v) is 3.76. The molecule has 0 bridgehead atoms. The molecule has 1 aliphatic heterocycles.